The van der Waals surface area contributed by atoms with Crippen LogP contribution in [0, 0.1) is 0 Å². The first-order chi connectivity index (χ1) is 30.1. The minimum Gasteiger partial charge on any atom is -0.462 e. The highest BCUT2D eigenvalue weighted by atomic mass is 16.6. The van der Waals surface area contributed by atoms with Crippen molar-refractivity contribution in [1.82, 2.24) is 0 Å². The van der Waals surface area contributed by atoms with E-state index in [1.54, 1.807) is 0 Å². The number of rotatable bonds is 45. The lowest BCUT2D eigenvalue weighted by atomic mass is 10.0. The number of aliphatic hydroxyl groups excluding tert-OH is 1. The maximum Gasteiger partial charge on any atom is 0.306 e. The fourth-order valence-corrected chi connectivity index (χ4v) is 6.86. The molecular formula is C56H94O5. The Labute approximate surface area is 377 Å². The molecule has 348 valence electrons. The lowest BCUT2D eigenvalue weighted by Gasteiger charge is -2.15. The van der Waals surface area contributed by atoms with Crippen LogP contribution < -0.4 is 0 Å². The molecule has 0 saturated heterocycles. The number of unbranched alkanes of at least 4 members (excludes halogenated alkanes) is 21. The van der Waals surface area contributed by atoms with Crippen molar-refractivity contribution in [3.63, 3.8) is 0 Å². The minimum atomic E-state index is -0.773. The molecule has 0 rings (SSSR count). The first-order valence-corrected chi connectivity index (χ1v) is 25.3. The lowest BCUT2D eigenvalue weighted by Crippen LogP contribution is -2.28. The van der Waals surface area contributed by atoms with Gasteiger partial charge in [-0.3, -0.25) is 9.59 Å². The zero-order valence-corrected chi connectivity index (χ0v) is 39.6. The van der Waals surface area contributed by atoms with Crippen molar-refractivity contribution in [2.75, 3.05) is 13.2 Å². The number of hydrogen-bond acceptors (Lipinski definition) is 5. The van der Waals surface area contributed by atoms with Crippen LogP contribution in [0.5, 0.6) is 0 Å². The molecule has 1 N–H and O–H groups in total. The van der Waals surface area contributed by atoms with Crippen molar-refractivity contribution in [2.45, 2.75) is 232 Å². The summed E-state index contributed by atoms with van der Waals surface area (Å²) in [4.78, 5) is 24.3. The molecule has 0 bridgehead atoms. The summed E-state index contributed by atoms with van der Waals surface area (Å²) in [6, 6.07) is 0. The predicted molar refractivity (Wildman–Crippen MR) is 265 cm³/mol. The van der Waals surface area contributed by atoms with Crippen molar-refractivity contribution >= 4 is 11.9 Å². The van der Waals surface area contributed by atoms with Crippen LogP contribution in [0.3, 0.4) is 0 Å². The Kier molecular flexibility index (Phi) is 48.5. The summed E-state index contributed by atoms with van der Waals surface area (Å²) in [6.45, 7) is 4.01. The first kappa shape index (κ1) is 57.8. The summed E-state index contributed by atoms with van der Waals surface area (Å²) in [7, 11) is 0. The summed E-state index contributed by atoms with van der Waals surface area (Å²) in [5.41, 5.74) is 0. The van der Waals surface area contributed by atoms with Crippen LogP contribution in [0.25, 0.3) is 0 Å². The Morgan fingerprint density at radius 2 is 0.705 bits per heavy atom. The van der Waals surface area contributed by atoms with E-state index < -0.39 is 6.10 Å². The number of hydrogen-bond donors (Lipinski definition) is 1. The number of carbonyl (C=O) groups is 2. The normalized spacial score (nSPS) is 13.0. The van der Waals surface area contributed by atoms with Gasteiger partial charge in [0, 0.05) is 12.8 Å². The largest absolute Gasteiger partial charge is 0.462 e. The van der Waals surface area contributed by atoms with E-state index in [-0.39, 0.29) is 25.2 Å². The Hall–Kier alpha value is -3.18. The van der Waals surface area contributed by atoms with E-state index in [9.17, 15) is 14.7 Å². The van der Waals surface area contributed by atoms with Gasteiger partial charge in [0.15, 0.2) is 6.10 Å². The average Bonchev–Trinajstić information content (AvgIpc) is 3.26. The fraction of sp³-hybridized carbons (Fsp3) is 0.679. The molecule has 0 aliphatic carbocycles. The van der Waals surface area contributed by atoms with Gasteiger partial charge in [0.25, 0.3) is 0 Å². The second-order valence-electron chi connectivity index (χ2n) is 16.5. The maximum atomic E-state index is 12.2. The van der Waals surface area contributed by atoms with E-state index >= 15 is 0 Å². The third-order valence-electron chi connectivity index (χ3n) is 10.6. The summed E-state index contributed by atoms with van der Waals surface area (Å²) in [6.07, 6.45) is 72.3. The summed E-state index contributed by atoms with van der Waals surface area (Å²) in [5, 5.41) is 9.58. The van der Waals surface area contributed by atoms with Gasteiger partial charge in [-0.25, -0.2) is 0 Å². The summed E-state index contributed by atoms with van der Waals surface area (Å²) in [5.74, 6) is -0.595. The molecule has 0 saturated carbocycles. The van der Waals surface area contributed by atoms with Gasteiger partial charge in [-0.05, 0) is 77.0 Å². The zero-order valence-electron chi connectivity index (χ0n) is 39.6. The molecule has 0 heterocycles. The molecule has 0 amide bonds. The monoisotopic (exact) mass is 847 g/mol. The molecule has 1 unspecified atom stereocenters. The van der Waals surface area contributed by atoms with Crippen molar-refractivity contribution in [3.8, 4) is 0 Å². The van der Waals surface area contributed by atoms with Crippen LogP contribution in [-0.2, 0) is 19.1 Å². The standard InChI is InChI=1S/C56H94O5/c1-3-5-7-9-11-13-15-16-17-18-19-20-21-22-23-24-25-26-27-28-29-30-31-32-33-34-35-36-37-38-39-40-41-43-45-47-49-51-56(59)61-54(52-57)53-60-55(58)50-48-46-44-42-14-12-10-8-6-4-2/h5,7,11,13,16-17,19-20,22-23,25-26,28-29,31-32,54,57H,3-4,6,8-10,12,14-15,18,21,24,27,30,33-53H2,1-2H3/b7-5-,13-11-,17-16-,20-19-,23-22-,26-25-,29-28-,32-31-. The molecule has 0 radical (unpaired) electrons. The number of esters is 2. The summed E-state index contributed by atoms with van der Waals surface area (Å²) >= 11 is 0. The van der Waals surface area contributed by atoms with Crippen LogP contribution in [0.4, 0.5) is 0 Å². The molecule has 0 spiro atoms. The van der Waals surface area contributed by atoms with Gasteiger partial charge in [0.05, 0.1) is 6.61 Å². The highest BCUT2D eigenvalue weighted by molar-refractivity contribution is 5.70. The third kappa shape index (κ3) is 49.4. The average molecular weight is 847 g/mol. The minimum absolute atomic E-state index is 0.0675. The van der Waals surface area contributed by atoms with Gasteiger partial charge in [0.2, 0.25) is 0 Å². The topological polar surface area (TPSA) is 72.8 Å². The van der Waals surface area contributed by atoms with Crippen molar-refractivity contribution in [3.05, 3.63) is 97.2 Å². The van der Waals surface area contributed by atoms with E-state index in [4.69, 9.17) is 9.47 Å². The van der Waals surface area contributed by atoms with Gasteiger partial charge in [0.1, 0.15) is 6.61 Å². The van der Waals surface area contributed by atoms with Gasteiger partial charge < -0.3 is 14.6 Å². The van der Waals surface area contributed by atoms with E-state index in [1.165, 1.54) is 109 Å². The van der Waals surface area contributed by atoms with Crippen molar-refractivity contribution < 1.29 is 24.2 Å². The van der Waals surface area contributed by atoms with Crippen LogP contribution in [0.1, 0.15) is 226 Å². The second-order valence-corrected chi connectivity index (χ2v) is 16.5. The van der Waals surface area contributed by atoms with E-state index in [0.717, 1.165) is 89.9 Å². The van der Waals surface area contributed by atoms with Crippen LogP contribution in [0.15, 0.2) is 97.2 Å². The number of carbonyl (C=O) groups excluding carboxylic acids is 2. The smallest absolute Gasteiger partial charge is 0.306 e. The van der Waals surface area contributed by atoms with Gasteiger partial charge in [-0.15, -0.1) is 0 Å². The van der Waals surface area contributed by atoms with Crippen molar-refractivity contribution in [2.24, 2.45) is 0 Å². The van der Waals surface area contributed by atoms with Gasteiger partial charge in [-0.2, -0.15) is 0 Å². The Morgan fingerprint density at radius 1 is 0.393 bits per heavy atom. The van der Waals surface area contributed by atoms with Crippen LogP contribution in [0.2, 0.25) is 0 Å². The van der Waals surface area contributed by atoms with Gasteiger partial charge in [-0.1, -0.05) is 233 Å². The molecule has 61 heavy (non-hydrogen) atoms. The van der Waals surface area contributed by atoms with E-state index in [2.05, 4.69) is 111 Å². The molecule has 0 aliphatic heterocycles. The molecule has 5 nitrogen and oxygen atoms in total. The third-order valence-corrected chi connectivity index (χ3v) is 10.6. The molecule has 0 aliphatic rings. The first-order valence-electron chi connectivity index (χ1n) is 25.3. The zero-order chi connectivity index (χ0) is 44.2. The molecule has 0 aromatic rings. The second kappa shape index (κ2) is 51.2. The summed E-state index contributed by atoms with van der Waals surface area (Å²) < 4.78 is 10.6. The molecule has 0 aromatic carbocycles. The molecule has 1 atom stereocenters. The van der Waals surface area contributed by atoms with E-state index in [1.807, 2.05) is 0 Å². The van der Waals surface area contributed by atoms with Gasteiger partial charge >= 0.3 is 11.9 Å². The van der Waals surface area contributed by atoms with Crippen molar-refractivity contribution in [1.29, 1.82) is 0 Å². The molecule has 5 heteroatoms. The molecule has 0 fully saturated rings. The highest BCUT2D eigenvalue weighted by Gasteiger charge is 2.16. The predicted octanol–water partition coefficient (Wildman–Crippen LogP) is 16.8. The lowest BCUT2D eigenvalue weighted by molar-refractivity contribution is -0.161. The Balaban J connectivity index is 3.53. The Bertz CT molecular complexity index is 1190. The number of ether oxygens (including phenoxy) is 2. The maximum absolute atomic E-state index is 12.2. The SMILES string of the molecule is CC/C=C\C/C=C\C/C=C\C/C=C\C/C=C\C/C=C\C/C=C\C/C=C\CCCCCCCCCCCCCCC(=O)OC(CO)COC(=O)CCCCCCCCCCCC. The van der Waals surface area contributed by atoms with Crippen LogP contribution >= 0.6 is 0 Å². The fourth-order valence-electron chi connectivity index (χ4n) is 6.86. The molecule has 0 aromatic heterocycles. The quantitative estimate of drug-likeness (QED) is 0.0375. The van der Waals surface area contributed by atoms with E-state index in [0.29, 0.717) is 12.8 Å². The Morgan fingerprint density at radius 3 is 1.07 bits per heavy atom. The van der Waals surface area contributed by atoms with Crippen LogP contribution in [-0.4, -0.2) is 36.4 Å². The molecular weight excluding hydrogens is 753 g/mol. The highest BCUT2D eigenvalue weighted by Crippen LogP contribution is 2.15. The number of allylic oxidation sites excluding steroid dienone is 16. The number of aliphatic hydroxyl groups is 1.